The van der Waals surface area contributed by atoms with Crippen molar-refractivity contribution in [2.24, 2.45) is 0 Å². The van der Waals surface area contributed by atoms with Gasteiger partial charge in [0.1, 0.15) is 10.8 Å². The normalized spacial score (nSPS) is 10.8. The zero-order valence-corrected chi connectivity index (χ0v) is 7.46. The van der Waals surface area contributed by atoms with Crippen LogP contribution in [0.3, 0.4) is 0 Å². The molecule has 14 heavy (non-hydrogen) atoms. The van der Waals surface area contributed by atoms with Gasteiger partial charge in [0.25, 0.3) is 0 Å². The lowest BCUT2D eigenvalue weighted by atomic mass is 10.2. The maximum absolute atomic E-state index is 13.1. The number of rotatable bonds is 2. The molecule has 0 amide bonds. The fraction of sp³-hybridized carbons (Fsp3) is 0. The van der Waals surface area contributed by atoms with Crippen molar-refractivity contribution < 1.29 is 13.7 Å². The molecule has 1 aromatic rings. The molecule has 74 valence electrons. The smallest absolute Gasteiger partial charge is 0.235 e. The van der Waals surface area contributed by atoms with Crippen LogP contribution in [-0.2, 0) is 0 Å². The summed E-state index contributed by atoms with van der Waals surface area (Å²) in [6.07, 6.45) is 1.45. The van der Waals surface area contributed by atoms with Crippen LogP contribution in [0.2, 0.25) is 5.02 Å². The maximum Gasteiger partial charge on any atom is 0.235 e. The van der Waals surface area contributed by atoms with E-state index in [1.54, 1.807) is 0 Å². The molecule has 0 heterocycles. The number of nitro groups is 1. The summed E-state index contributed by atoms with van der Waals surface area (Å²) < 4.78 is 25.7. The first kappa shape index (κ1) is 10.6. The molecule has 6 heteroatoms. The highest BCUT2D eigenvalue weighted by molar-refractivity contribution is 6.31. The molecule has 0 radical (unpaired) electrons. The monoisotopic (exact) mass is 219 g/mol. The molecule has 0 aliphatic rings. The van der Waals surface area contributed by atoms with E-state index in [2.05, 4.69) is 0 Å². The van der Waals surface area contributed by atoms with Crippen molar-refractivity contribution in [3.05, 3.63) is 50.7 Å². The van der Waals surface area contributed by atoms with Crippen LogP contribution in [0.5, 0.6) is 0 Å². The topological polar surface area (TPSA) is 43.1 Å². The van der Waals surface area contributed by atoms with Gasteiger partial charge in [-0.3, -0.25) is 10.1 Å². The second kappa shape index (κ2) is 4.15. The molecule has 1 aromatic carbocycles. The molecule has 0 saturated carbocycles. The van der Waals surface area contributed by atoms with E-state index in [1.807, 2.05) is 0 Å². The molecular formula is C8H4ClF2NO2. The van der Waals surface area contributed by atoms with Crippen molar-refractivity contribution in [1.82, 2.24) is 0 Å². The number of benzene rings is 1. The van der Waals surface area contributed by atoms with E-state index < -0.39 is 21.6 Å². The number of hydrogen-bond donors (Lipinski definition) is 0. The van der Waals surface area contributed by atoms with Crippen molar-refractivity contribution in [1.29, 1.82) is 0 Å². The Labute approximate surface area is 82.8 Å². The SMILES string of the molecule is O=[N+]([O-])/C=C/c1ccc(F)c(Cl)c1F. The Balaban J connectivity index is 3.12. The Hall–Kier alpha value is -1.49. The molecule has 0 unspecified atom stereocenters. The van der Waals surface area contributed by atoms with Crippen molar-refractivity contribution in [3.63, 3.8) is 0 Å². The van der Waals surface area contributed by atoms with Crippen LogP contribution in [0.25, 0.3) is 6.08 Å². The lowest BCUT2D eigenvalue weighted by Gasteiger charge is -1.98. The summed E-state index contributed by atoms with van der Waals surface area (Å²) in [5, 5.41) is 9.25. The number of hydrogen-bond acceptors (Lipinski definition) is 2. The van der Waals surface area contributed by atoms with Gasteiger partial charge in [-0.05, 0) is 12.1 Å². The van der Waals surface area contributed by atoms with Crippen LogP contribution >= 0.6 is 11.6 Å². The van der Waals surface area contributed by atoms with Gasteiger partial charge in [0.05, 0.1) is 4.92 Å². The molecule has 0 saturated heterocycles. The quantitative estimate of drug-likeness (QED) is 0.436. The molecule has 0 N–H and O–H groups in total. The number of halogens is 3. The standard InChI is InChI=1S/C8H4ClF2NO2/c9-7-6(10)2-1-5(8(7)11)3-4-12(13)14/h1-4H/b4-3+. The van der Waals surface area contributed by atoms with E-state index in [4.69, 9.17) is 11.6 Å². The second-order valence-electron chi connectivity index (χ2n) is 2.37. The zero-order valence-electron chi connectivity index (χ0n) is 6.71. The average molecular weight is 220 g/mol. The van der Waals surface area contributed by atoms with Crippen LogP contribution in [0.1, 0.15) is 5.56 Å². The Morgan fingerprint density at radius 1 is 1.43 bits per heavy atom. The lowest BCUT2D eigenvalue weighted by molar-refractivity contribution is -0.400. The van der Waals surface area contributed by atoms with Gasteiger partial charge in [0.2, 0.25) is 6.20 Å². The summed E-state index contributed by atoms with van der Waals surface area (Å²) >= 11 is 5.24. The summed E-state index contributed by atoms with van der Waals surface area (Å²) in [4.78, 5) is 9.17. The predicted molar refractivity (Wildman–Crippen MR) is 47.4 cm³/mol. The molecular weight excluding hydrogens is 216 g/mol. The molecule has 0 aliphatic carbocycles. The van der Waals surface area contributed by atoms with Crippen molar-refractivity contribution in [2.75, 3.05) is 0 Å². The molecule has 0 atom stereocenters. The van der Waals surface area contributed by atoms with Gasteiger partial charge in [-0.2, -0.15) is 0 Å². The molecule has 1 rings (SSSR count). The third kappa shape index (κ3) is 2.26. The lowest BCUT2D eigenvalue weighted by Crippen LogP contribution is -1.89. The van der Waals surface area contributed by atoms with Gasteiger partial charge >= 0.3 is 0 Å². The number of nitrogens with zero attached hydrogens (tertiary/aromatic N) is 1. The highest BCUT2D eigenvalue weighted by Crippen LogP contribution is 2.22. The van der Waals surface area contributed by atoms with E-state index in [-0.39, 0.29) is 5.56 Å². The Morgan fingerprint density at radius 2 is 2.07 bits per heavy atom. The molecule has 3 nitrogen and oxygen atoms in total. The van der Waals surface area contributed by atoms with E-state index in [1.165, 1.54) is 0 Å². The van der Waals surface area contributed by atoms with Gasteiger partial charge in [0.15, 0.2) is 5.82 Å². The third-order valence-corrected chi connectivity index (χ3v) is 1.79. The first-order chi connectivity index (χ1) is 6.52. The molecule has 0 spiro atoms. The van der Waals surface area contributed by atoms with Crippen molar-refractivity contribution in [3.8, 4) is 0 Å². The van der Waals surface area contributed by atoms with Crippen LogP contribution < -0.4 is 0 Å². The van der Waals surface area contributed by atoms with Gasteiger partial charge < -0.3 is 0 Å². The maximum atomic E-state index is 13.1. The van der Waals surface area contributed by atoms with Crippen LogP contribution in [0.15, 0.2) is 18.3 Å². The Kier molecular flexibility index (Phi) is 3.14. The minimum atomic E-state index is -1.01. The summed E-state index contributed by atoms with van der Waals surface area (Å²) in [7, 11) is 0. The Bertz CT molecular complexity index is 407. The van der Waals surface area contributed by atoms with E-state index in [0.717, 1.165) is 18.2 Å². The summed E-state index contributed by atoms with van der Waals surface area (Å²) in [5.74, 6) is -1.91. The van der Waals surface area contributed by atoms with Crippen molar-refractivity contribution >= 4 is 17.7 Å². The van der Waals surface area contributed by atoms with E-state index in [0.29, 0.717) is 6.20 Å². The largest absolute Gasteiger partial charge is 0.259 e. The van der Waals surface area contributed by atoms with Gasteiger partial charge in [-0.1, -0.05) is 11.6 Å². The predicted octanol–water partition coefficient (Wildman–Crippen LogP) is 2.87. The molecule has 0 aromatic heterocycles. The van der Waals surface area contributed by atoms with E-state index in [9.17, 15) is 18.9 Å². The van der Waals surface area contributed by atoms with Gasteiger partial charge in [0, 0.05) is 11.6 Å². The molecule has 0 fully saturated rings. The first-order valence-electron chi connectivity index (χ1n) is 3.47. The summed E-state index contributed by atoms with van der Waals surface area (Å²) in [6.45, 7) is 0. The van der Waals surface area contributed by atoms with Crippen LogP contribution in [0, 0.1) is 21.7 Å². The van der Waals surface area contributed by atoms with Crippen molar-refractivity contribution in [2.45, 2.75) is 0 Å². The fourth-order valence-corrected chi connectivity index (χ4v) is 0.983. The summed E-state index contributed by atoms with van der Waals surface area (Å²) in [6, 6.07) is 2.00. The highest BCUT2D eigenvalue weighted by Gasteiger charge is 2.09. The third-order valence-electron chi connectivity index (χ3n) is 1.44. The van der Waals surface area contributed by atoms with E-state index >= 15 is 0 Å². The minimum Gasteiger partial charge on any atom is -0.259 e. The minimum absolute atomic E-state index is 0.131. The van der Waals surface area contributed by atoms with Crippen LogP contribution in [-0.4, -0.2) is 4.92 Å². The summed E-state index contributed by atoms with van der Waals surface area (Å²) in [5.41, 5.74) is -0.131. The van der Waals surface area contributed by atoms with Gasteiger partial charge in [-0.15, -0.1) is 0 Å². The average Bonchev–Trinajstić information content (AvgIpc) is 2.13. The molecule has 0 aliphatic heterocycles. The highest BCUT2D eigenvalue weighted by atomic mass is 35.5. The first-order valence-corrected chi connectivity index (χ1v) is 3.85. The zero-order chi connectivity index (χ0) is 10.7. The fourth-order valence-electron chi connectivity index (χ4n) is 0.811. The Morgan fingerprint density at radius 3 is 2.64 bits per heavy atom. The second-order valence-corrected chi connectivity index (χ2v) is 2.74. The molecule has 0 bridgehead atoms. The van der Waals surface area contributed by atoms with Crippen LogP contribution in [0.4, 0.5) is 8.78 Å². The van der Waals surface area contributed by atoms with Gasteiger partial charge in [-0.25, -0.2) is 8.78 Å².